The molecular formula is C18H20N4O6. The van der Waals surface area contributed by atoms with Crippen LogP contribution in [0, 0.1) is 0 Å². The van der Waals surface area contributed by atoms with Crippen molar-refractivity contribution in [3.8, 4) is 0 Å². The molecule has 4 rings (SSSR count). The minimum absolute atomic E-state index is 0.0609. The Bertz CT molecular complexity index is 1130. The maximum absolute atomic E-state index is 12.9. The Morgan fingerprint density at radius 3 is 2.61 bits per heavy atom. The van der Waals surface area contributed by atoms with Gasteiger partial charge in [0.25, 0.3) is 5.56 Å². The van der Waals surface area contributed by atoms with Crippen LogP contribution in [0.1, 0.15) is 11.9 Å². The number of para-hydroxylation sites is 1. The molecule has 3 aromatic rings. The largest absolute Gasteiger partial charge is 0.394 e. The van der Waals surface area contributed by atoms with Gasteiger partial charge in [-0.15, -0.1) is 0 Å². The van der Waals surface area contributed by atoms with E-state index in [1.807, 2.05) is 24.3 Å². The van der Waals surface area contributed by atoms with Crippen LogP contribution in [-0.4, -0.2) is 59.2 Å². The van der Waals surface area contributed by atoms with Gasteiger partial charge in [0.15, 0.2) is 6.23 Å². The lowest BCUT2D eigenvalue weighted by Gasteiger charge is -2.18. The second-order valence-electron chi connectivity index (χ2n) is 6.75. The van der Waals surface area contributed by atoms with Crippen LogP contribution in [-0.2, 0) is 18.3 Å². The molecule has 1 aliphatic heterocycles. The SMILES string of the molecule is Cn1nc(Cn2c(=O)ccn([C@@H]3O[C@H](CO)C(O)C3O)c2=O)c2ccccc21. The van der Waals surface area contributed by atoms with Crippen molar-refractivity contribution in [1.82, 2.24) is 18.9 Å². The van der Waals surface area contributed by atoms with Crippen LogP contribution in [0.15, 0.2) is 46.1 Å². The summed E-state index contributed by atoms with van der Waals surface area (Å²) in [6.45, 7) is -0.572. The second kappa shape index (κ2) is 6.99. The average molecular weight is 388 g/mol. The van der Waals surface area contributed by atoms with Gasteiger partial charge in [0.2, 0.25) is 0 Å². The molecule has 3 N–H and O–H groups in total. The highest BCUT2D eigenvalue weighted by molar-refractivity contribution is 5.81. The summed E-state index contributed by atoms with van der Waals surface area (Å²) in [5, 5.41) is 34.6. The van der Waals surface area contributed by atoms with E-state index in [1.165, 1.54) is 12.3 Å². The first-order valence-electron chi connectivity index (χ1n) is 8.77. The Balaban J connectivity index is 1.76. The van der Waals surface area contributed by atoms with Crippen LogP contribution in [0.3, 0.4) is 0 Å². The summed E-state index contributed by atoms with van der Waals surface area (Å²) in [5.74, 6) is 0. The third kappa shape index (κ3) is 2.87. The molecule has 1 aliphatic rings. The molecule has 0 saturated carbocycles. The fourth-order valence-corrected chi connectivity index (χ4v) is 3.54. The molecule has 2 unspecified atom stereocenters. The Hall–Kier alpha value is -2.79. The van der Waals surface area contributed by atoms with E-state index in [9.17, 15) is 24.9 Å². The molecule has 0 amide bonds. The summed E-state index contributed by atoms with van der Waals surface area (Å²) in [6, 6.07) is 8.64. The molecule has 148 valence electrons. The maximum atomic E-state index is 12.9. The first-order chi connectivity index (χ1) is 13.4. The monoisotopic (exact) mass is 388 g/mol. The van der Waals surface area contributed by atoms with E-state index in [1.54, 1.807) is 11.7 Å². The number of aromatic nitrogens is 4. The van der Waals surface area contributed by atoms with Crippen LogP contribution in [0.25, 0.3) is 10.9 Å². The molecule has 3 heterocycles. The average Bonchev–Trinajstić information content (AvgIpc) is 3.16. The highest BCUT2D eigenvalue weighted by Crippen LogP contribution is 2.27. The summed E-state index contributed by atoms with van der Waals surface area (Å²) in [5.41, 5.74) is 0.182. The van der Waals surface area contributed by atoms with Gasteiger partial charge >= 0.3 is 5.69 Å². The molecule has 0 radical (unpaired) electrons. The lowest BCUT2D eigenvalue weighted by atomic mass is 10.1. The minimum Gasteiger partial charge on any atom is -0.394 e. The molecule has 1 saturated heterocycles. The summed E-state index contributed by atoms with van der Waals surface area (Å²) < 4.78 is 9.10. The molecular weight excluding hydrogens is 368 g/mol. The minimum atomic E-state index is -1.42. The molecule has 28 heavy (non-hydrogen) atoms. The van der Waals surface area contributed by atoms with E-state index >= 15 is 0 Å². The van der Waals surface area contributed by atoms with Crippen molar-refractivity contribution >= 4 is 10.9 Å². The van der Waals surface area contributed by atoms with Crippen molar-refractivity contribution in [2.45, 2.75) is 31.1 Å². The number of nitrogens with zero attached hydrogens (tertiary/aromatic N) is 4. The molecule has 1 fully saturated rings. The van der Waals surface area contributed by atoms with Crippen molar-refractivity contribution in [3.05, 3.63) is 63.1 Å². The maximum Gasteiger partial charge on any atom is 0.333 e. The van der Waals surface area contributed by atoms with E-state index in [0.29, 0.717) is 5.69 Å². The van der Waals surface area contributed by atoms with Crippen molar-refractivity contribution in [3.63, 3.8) is 0 Å². The van der Waals surface area contributed by atoms with Crippen molar-refractivity contribution in [2.75, 3.05) is 6.61 Å². The van der Waals surface area contributed by atoms with Crippen LogP contribution >= 0.6 is 0 Å². The van der Waals surface area contributed by atoms with Gasteiger partial charge in [0, 0.05) is 24.7 Å². The van der Waals surface area contributed by atoms with Gasteiger partial charge in [0.05, 0.1) is 24.4 Å². The lowest BCUT2D eigenvalue weighted by Crippen LogP contribution is -2.43. The first kappa shape index (κ1) is 18.6. The Labute approximate surface area is 158 Å². The van der Waals surface area contributed by atoms with E-state index < -0.39 is 42.4 Å². The summed E-state index contributed by atoms with van der Waals surface area (Å²) >= 11 is 0. The topological polar surface area (TPSA) is 132 Å². The molecule has 1 aromatic carbocycles. The van der Waals surface area contributed by atoms with E-state index in [0.717, 1.165) is 20.0 Å². The number of aliphatic hydroxyl groups excluding tert-OH is 3. The second-order valence-corrected chi connectivity index (χ2v) is 6.75. The van der Waals surface area contributed by atoms with Gasteiger partial charge < -0.3 is 20.1 Å². The zero-order valence-electron chi connectivity index (χ0n) is 15.0. The van der Waals surface area contributed by atoms with Gasteiger partial charge in [-0.2, -0.15) is 5.10 Å². The molecule has 2 aromatic heterocycles. The number of hydrogen-bond donors (Lipinski definition) is 3. The molecule has 0 aliphatic carbocycles. The highest BCUT2D eigenvalue weighted by atomic mass is 16.6. The van der Waals surface area contributed by atoms with Gasteiger partial charge in [0.1, 0.15) is 18.3 Å². The first-order valence-corrected chi connectivity index (χ1v) is 8.77. The summed E-state index contributed by atoms with van der Waals surface area (Å²) in [4.78, 5) is 25.3. The van der Waals surface area contributed by atoms with E-state index in [2.05, 4.69) is 5.10 Å². The predicted molar refractivity (Wildman–Crippen MR) is 97.8 cm³/mol. The van der Waals surface area contributed by atoms with Gasteiger partial charge in [-0.3, -0.25) is 18.6 Å². The summed E-state index contributed by atoms with van der Waals surface area (Å²) in [7, 11) is 1.77. The van der Waals surface area contributed by atoms with Crippen LogP contribution < -0.4 is 11.2 Å². The van der Waals surface area contributed by atoms with E-state index in [4.69, 9.17) is 4.74 Å². The third-order valence-electron chi connectivity index (χ3n) is 5.03. The van der Waals surface area contributed by atoms with Gasteiger partial charge in [-0.05, 0) is 6.07 Å². The van der Waals surface area contributed by atoms with Gasteiger partial charge in [-0.1, -0.05) is 18.2 Å². The number of rotatable bonds is 4. The van der Waals surface area contributed by atoms with Crippen LogP contribution in [0.2, 0.25) is 0 Å². The molecule has 10 heteroatoms. The quantitative estimate of drug-likeness (QED) is 0.499. The lowest BCUT2D eigenvalue weighted by molar-refractivity contribution is -0.0555. The molecule has 0 bridgehead atoms. The van der Waals surface area contributed by atoms with Gasteiger partial charge in [-0.25, -0.2) is 4.79 Å². The smallest absolute Gasteiger partial charge is 0.333 e. The molecule has 0 spiro atoms. The van der Waals surface area contributed by atoms with Crippen molar-refractivity contribution < 1.29 is 20.1 Å². The van der Waals surface area contributed by atoms with Crippen molar-refractivity contribution in [2.24, 2.45) is 7.05 Å². The molecule has 4 atom stereocenters. The highest BCUT2D eigenvalue weighted by Gasteiger charge is 2.43. The number of hydrogen-bond acceptors (Lipinski definition) is 7. The Morgan fingerprint density at radius 2 is 1.89 bits per heavy atom. The van der Waals surface area contributed by atoms with Crippen LogP contribution in [0.4, 0.5) is 0 Å². The Morgan fingerprint density at radius 1 is 1.14 bits per heavy atom. The zero-order chi connectivity index (χ0) is 20.0. The third-order valence-corrected chi connectivity index (χ3v) is 5.03. The number of aryl methyl sites for hydroxylation is 1. The number of benzene rings is 1. The predicted octanol–water partition coefficient (Wildman–Crippen LogP) is -1.44. The number of ether oxygens (including phenoxy) is 1. The van der Waals surface area contributed by atoms with E-state index in [-0.39, 0.29) is 6.54 Å². The Kier molecular flexibility index (Phi) is 4.63. The zero-order valence-corrected chi connectivity index (χ0v) is 15.0. The fourth-order valence-electron chi connectivity index (χ4n) is 3.54. The number of aliphatic hydroxyl groups is 3. The van der Waals surface area contributed by atoms with Crippen molar-refractivity contribution in [1.29, 1.82) is 0 Å². The number of fused-ring (bicyclic) bond motifs is 1. The standard InChI is InChI=1S/C18H20N4O6/c1-20-12-5-3-2-4-10(12)11(19-20)8-22-14(24)6-7-21(18(22)27)17-16(26)15(25)13(9-23)28-17/h2-7,13,15-17,23,25-26H,8-9H2,1H3/t13-,15?,16?,17-/m1/s1. The summed E-state index contributed by atoms with van der Waals surface area (Å²) in [6.07, 6.45) is -3.80. The normalized spacial score (nSPS) is 24.9. The van der Waals surface area contributed by atoms with Crippen LogP contribution in [0.5, 0.6) is 0 Å². The fraction of sp³-hybridized carbons (Fsp3) is 0.389. The molecule has 10 nitrogen and oxygen atoms in total.